The highest BCUT2D eigenvalue weighted by molar-refractivity contribution is 6.74. The summed E-state index contributed by atoms with van der Waals surface area (Å²) in [7, 11) is -1.57. The first-order chi connectivity index (χ1) is 6.81. The Kier molecular flexibility index (Phi) is 5.85. The van der Waals surface area contributed by atoms with Crippen LogP contribution >= 0.6 is 0 Å². The molecule has 0 atom stereocenters. The summed E-state index contributed by atoms with van der Waals surface area (Å²) < 4.78 is 5.99. The SMILES string of the molecule is CC(C)(C)[Si](C)(C)OCCCC#CC=N. The van der Waals surface area contributed by atoms with Crippen molar-refractivity contribution in [3.8, 4) is 11.8 Å². The maximum absolute atomic E-state index is 6.74. The van der Waals surface area contributed by atoms with E-state index in [1.54, 1.807) is 0 Å². The molecule has 0 saturated heterocycles. The third-order valence-corrected chi connectivity index (χ3v) is 7.43. The van der Waals surface area contributed by atoms with Gasteiger partial charge in [0.25, 0.3) is 0 Å². The average molecular weight is 225 g/mol. The topological polar surface area (TPSA) is 33.1 Å². The Bertz CT molecular complexity index is 255. The lowest BCUT2D eigenvalue weighted by Gasteiger charge is -2.36. The number of nitrogens with one attached hydrogen (secondary N) is 1. The van der Waals surface area contributed by atoms with Crippen molar-refractivity contribution in [2.75, 3.05) is 6.61 Å². The van der Waals surface area contributed by atoms with Gasteiger partial charge in [-0.25, -0.2) is 0 Å². The Balaban J connectivity index is 3.81. The average Bonchev–Trinajstić information content (AvgIpc) is 2.09. The van der Waals surface area contributed by atoms with Gasteiger partial charge in [-0.2, -0.15) is 0 Å². The second kappa shape index (κ2) is 6.09. The first-order valence-electron chi connectivity index (χ1n) is 5.42. The maximum atomic E-state index is 6.74. The molecule has 0 radical (unpaired) electrons. The predicted octanol–water partition coefficient (Wildman–Crippen LogP) is 3.44. The molecule has 0 heterocycles. The van der Waals surface area contributed by atoms with Gasteiger partial charge in [0.05, 0.1) is 6.21 Å². The van der Waals surface area contributed by atoms with Crippen LogP contribution < -0.4 is 0 Å². The summed E-state index contributed by atoms with van der Waals surface area (Å²) in [5.74, 6) is 5.53. The van der Waals surface area contributed by atoms with Crippen molar-refractivity contribution < 1.29 is 4.43 Å². The van der Waals surface area contributed by atoms with Gasteiger partial charge in [-0.15, -0.1) is 0 Å². The van der Waals surface area contributed by atoms with E-state index in [4.69, 9.17) is 9.84 Å². The minimum absolute atomic E-state index is 0.285. The van der Waals surface area contributed by atoms with Crippen molar-refractivity contribution in [3.63, 3.8) is 0 Å². The molecule has 0 spiro atoms. The lowest BCUT2D eigenvalue weighted by molar-refractivity contribution is 0.284. The van der Waals surface area contributed by atoms with E-state index >= 15 is 0 Å². The Labute approximate surface area is 95.1 Å². The molecule has 86 valence electrons. The summed E-state index contributed by atoms with van der Waals surface area (Å²) >= 11 is 0. The van der Waals surface area contributed by atoms with Gasteiger partial charge in [0.1, 0.15) is 0 Å². The van der Waals surface area contributed by atoms with Crippen LogP contribution in [-0.4, -0.2) is 21.1 Å². The van der Waals surface area contributed by atoms with E-state index in [-0.39, 0.29) is 5.04 Å². The van der Waals surface area contributed by atoms with E-state index in [0.29, 0.717) is 0 Å². The van der Waals surface area contributed by atoms with E-state index in [1.807, 2.05) is 0 Å². The smallest absolute Gasteiger partial charge is 0.191 e. The zero-order chi connectivity index (χ0) is 11.9. The molecule has 0 aliphatic heterocycles. The van der Waals surface area contributed by atoms with Crippen molar-refractivity contribution in [1.29, 1.82) is 5.41 Å². The third kappa shape index (κ3) is 5.76. The van der Waals surface area contributed by atoms with Crippen LogP contribution in [0.15, 0.2) is 0 Å². The molecule has 0 saturated carbocycles. The summed E-state index contributed by atoms with van der Waals surface area (Å²) in [6, 6.07) is 0. The minimum atomic E-state index is -1.57. The molecule has 2 nitrogen and oxygen atoms in total. The fourth-order valence-corrected chi connectivity index (χ4v) is 1.92. The predicted molar refractivity (Wildman–Crippen MR) is 68.9 cm³/mol. The molecule has 0 aromatic rings. The molecule has 1 N–H and O–H groups in total. The van der Waals surface area contributed by atoms with Gasteiger partial charge in [0.15, 0.2) is 8.32 Å². The summed E-state index contributed by atoms with van der Waals surface area (Å²) in [6.45, 7) is 12.0. The highest BCUT2D eigenvalue weighted by atomic mass is 28.4. The van der Waals surface area contributed by atoms with Crippen LogP contribution in [-0.2, 0) is 4.43 Å². The molecule has 0 aromatic carbocycles. The fraction of sp³-hybridized carbons (Fsp3) is 0.750. The van der Waals surface area contributed by atoms with Gasteiger partial charge in [0, 0.05) is 13.0 Å². The first-order valence-corrected chi connectivity index (χ1v) is 8.33. The third-order valence-electron chi connectivity index (χ3n) is 2.89. The zero-order valence-corrected chi connectivity index (χ0v) is 11.6. The summed E-state index contributed by atoms with van der Waals surface area (Å²) in [4.78, 5) is 0. The molecule has 0 unspecified atom stereocenters. The molecule has 0 bridgehead atoms. The molecule has 0 amide bonds. The van der Waals surface area contributed by atoms with Crippen molar-refractivity contribution in [2.24, 2.45) is 0 Å². The number of hydrogen-bond donors (Lipinski definition) is 1. The van der Waals surface area contributed by atoms with E-state index in [1.165, 1.54) is 0 Å². The molecule has 0 rings (SSSR count). The van der Waals surface area contributed by atoms with Gasteiger partial charge < -0.3 is 4.43 Å². The first kappa shape index (κ1) is 14.4. The normalized spacial score (nSPS) is 11.8. The largest absolute Gasteiger partial charge is 0.417 e. The van der Waals surface area contributed by atoms with E-state index in [9.17, 15) is 0 Å². The quantitative estimate of drug-likeness (QED) is 0.338. The molecular formula is C12H23NOSi. The van der Waals surface area contributed by atoms with Crippen molar-refractivity contribution in [1.82, 2.24) is 0 Å². The number of hydrogen-bond acceptors (Lipinski definition) is 2. The molecule has 0 aromatic heterocycles. The zero-order valence-electron chi connectivity index (χ0n) is 10.6. The van der Waals surface area contributed by atoms with Crippen LogP contribution in [0.4, 0.5) is 0 Å². The Hall–Kier alpha value is -0.593. The monoisotopic (exact) mass is 225 g/mol. The summed E-state index contributed by atoms with van der Waals surface area (Å²) in [5.41, 5.74) is 0. The summed E-state index contributed by atoms with van der Waals surface area (Å²) in [5, 5.41) is 7.03. The maximum Gasteiger partial charge on any atom is 0.191 e. The Morgan fingerprint density at radius 3 is 2.40 bits per heavy atom. The standard InChI is InChI=1S/C12H23NOSi/c1-12(2,3)15(4,5)14-11-9-7-6-8-10-13/h10,13H,7,9,11H2,1-5H3. The van der Waals surface area contributed by atoms with Crippen LogP contribution in [0.1, 0.15) is 33.6 Å². The lowest BCUT2D eigenvalue weighted by atomic mass is 10.2. The van der Waals surface area contributed by atoms with E-state index in [0.717, 1.165) is 25.7 Å². The van der Waals surface area contributed by atoms with Gasteiger partial charge in [-0.1, -0.05) is 32.6 Å². The molecule has 0 aliphatic rings. The van der Waals surface area contributed by atoms with Crippen molar-refractivity contribution in [2.45, 2.75) is 51.7 Å². The van der Waals surface area contributed by atoms with Gasteiger partial charge in [-0.05, 0) is 24.6 Å². The van der Waals surface area contributed by atoms with E-state index < -0.39 is 8.32 Å². The van der Waals surface area contributed by atoms with Crippen molar-refractivity contribution >= 4 is 14.5 Å². The van der Waals surface area contributed by atoms with Gasteiger partial charge >= 0.3 is 0 Å². The second-order valence-corrected chi connectivity index (χ2v) is 9.99. The van der Waals surface area contributed by atoms with Crippen molar-refractivity contribution in [3.05, 3.63) is 0 Å². The fourth-order valence-electron chi connectivity index (χ4n) is 0.828. The lowest BCUT2D eigenvalue weighted by Crippen LogP contribution is -2.40. The molecule has 0 fully saturated rings. The molecule has 0 aliphatic carbocycles. The van der Waals surface area contributed by atoms with E-state index in [2.05, 4.69) is 45.7 Å². The van der Waals surface area contributed by atoms with Crippen LogP contribution in [0.25, 0.3) is 0 Å². The van der Waals surface area contributed by atoms with Crippen LogP contribution in [0, 0.1) is 17.3 Å². The van der Waals surface area contributed by atoms with Crippen LogP contribution in [0.2, 0.25) is 18.1 Å². The van der Waals surface area contributed by atoms with Gasteiger partial charge in [0.2, 0.25) is 0 Å². The Morgan fingerprint density at radius 1 is 1.33 bits per heavy atom. The molecular weight excluding hydrogens is 202 g/mol. The Morgan fingerprint density at radius 2 is 1.93 bits per heavy atom. The highest BCUT2D eigenvalue weighted by Gasteiger charge is 2.36. The summed E-state index contributed by atoms with van der Waals surface area (Å²) in [6.07, 6.45) is 2.92. The minimum Gasteiger partial charge on any atom is -0.417 e. The number of unbranched alkanes of at least 4 members (excludes halogenated alkanes) is 1. The van der Waals surface area contributed by atoms with Gasteiger partial charge in [-0.3, -0.25) is 5.41 Å². The molecule has 15 heavy (non-hydrogen) atoms. The van der Waals surface area contributed by atoms with Crippen LogP contribution in [0.5, 0.6) is 0 Å². The molecule has 3 heteroatoms. The number of rotatable bonds is 4. The van der Waals surface area contributed by atoms with Crippen LogP contribution in [0.3, 0.4) is 0 Å². The second-order valence-electron chi connectivity index (χ2n) is 5.18. The highest BCUT2D eigenvalue weighted by Crippen LogP contribution is 2.36.